The zero-order valence-corrected chi connectivity index (χ0v) is 13.1. The lowest BCUT2D eigenvalue weighted by Gasteiger charge is -2.09. The van der Waals surface area contributed by atoms with E-state index in [0.717, 1.165) is 24.5 Å². The number of nitrogens with one attached hydrogen (secondary N) is 2. The van der Waals surface area contributed by atoms with E-state index >= 15 is 0 Å². The minimum Gasteiger partial charge on any atom is -0.385 e. The van der Waals surface area contributed by atoms with Crippen LogP contribution in [0.5, 0.6) is 0 Å². The van der Waals surface area contributed by atoms with Gasteiger partial charge < -0.3 is 15.4 Å². The normalized spacial score (nSPS) is 10.4. The summed E-state index contributed by atoms with van der Waals surface area (Å²) in [5.41, 5.74) is 0.775. The average Bonchev–Trinajstić information content (AvgIpc) is 2.43. The van der Waals surface area contributed by atoms with Gasteiger partial charge in [-0.15, -0.1) is 0 Å². The van der Waals surface area contributed by atoms with Gasteiger partial charge in [-0.2, -0.15) is 0 Å². The fourth-order valence-electron chi connectivity index (χ4n) is 1.73. The van der Waals surface area contributed by atoms with Crippen LogP contribution in [0.3, 0.4) is 0 Å². The van der Waals surface area contributed by atoms with Crippen LogP contribution in [0.2, 0.25) is 10.0 Å². The summed E-state index contributed by atoms with van der Waals surface area (Å²) in [5, 5.41) is 7.48. The third-order valence-corrected chi connectivity index (χ3v) is 3.07. The van der Waals surface area contributed by atoms with Crippen LogP contribution in [0.15, 0.2) is 30.6 Å². The van der Waals surface area contributed by atoms with E-state index in [2.05, 4.69) is 20.6 Å². The van der Waals surface area contributed by atoms with Gasteiger partial charge in [0.2, 0.25) is 0 Å². The maximum atomic E-state index is 5.96. The van der Waals surface area contributed by atoms with Gasteiger partial charge in [0.05, 0.1) is 0 Å². The number of anilines is 3. The fourth-order valence-corrected chi connectivity index (χ4v) is 2.26. The van der Waals surface area contributed by atoms with Gasteiger partial charge >= 0.3 is 0 Å². The first-order chi connectivity index (χ1) is 10.2. The van der Waals surface area contributed by atoms with Crippen LogP contribution < -0.4 is 10.6 Å². The molecule has 2 N–H and O–H groups in total. The smallest absolute Gasteiger partial charge is 0.135 e. The molecule has 0 amide bonds. The standard InChI is InChI=1S/C14H16Cl2N4O/c1-21-4-2-3-17-13-8-14(19-9-18-13)20-12-6-10(15)5-11(16)7-12/h5-9H,2-4H2,1H3,(H2,17,18,19,20). The molecule has 0 spiro atoms. The van der Waals surface area contributed by atoms with Crippen molar-refractivity contribution in [1.82, 2.24) is 9.97 Å². The first-order valence-corrected chi connectivity index (χ1v) is 7.21. The van der Waals surface area contributed by atoms with Crippen LogP contribution in [0, 0.1) is 0 Å². The second kappa shape index (κ2) is 8.02. The van der Waals surface area contributed by atoms with Gasteiger partial charge in [-0.25, -0.2) is 9.97 Å². The molecule has 112 valence electrons. The minimum absolute atomic E-state index is 0.567. The van der Waals surface area contributed by atoms with Crippen LogP contribution in [-0.4, -0.2) is 30.2 Å². The number of halogens is 2. The molecule has 0 saturated carbocycles. The van der Waals surface area contributed by atoms with Crippen molar-refractivity contribution in [2.45, 2.75) is 6.42 Å². The van der Waals surface area contributed by atoms with E-state index < -0.39 is 0 Å². The Morgan fingerprint density at radius 1 is 1.05 bits per heavy atom. The first kappa shape index (κ1) is 15.8. The number of nitrogens with zero attached hydrogens (tertiary/aromatic N) is 2. The van der Waals surface area contributed by atoms with Crippen LogP contribution in [0.25, 0.3) is 0 Å². The SMILES string of the molecule is COCCCNc1cc(Nc2cc(Cl)cc(Cl)c2)ncn1. The van der Waals surface area contributed by atoms with Crippen molar-refractivity contribution in [1.29, 1.82) is 0 Å². The Balaban J connectivity index is 2.00. The van der Waals surface area contributed by atoms with Crippen LogP contribution in [-0.2, 0) is 4.74 Å². The molecule has 1 heterocycles. The summed E-state index contributed by atoms with van der Waals surface area (Å²) < 4.78 is 4.99. The molecule has 0 aliphatic carbocycles. The highest BCUT2D eigenvalue weighted by Gasteiger charge is 2.02. The van der Waals surface area contributed by atoms with Crippen LogP contribution in [0.4, 0.5) is 17.3 Å². The predicted molar refractivity (Wildman–Crippen MR) is 86.8 cm³/mol. The lowest BCUT2D eigenvalue weighted by molar-refractivity contribution is 0.198. The van der Waals surface area contributed by atoms with Crippen molar-refractivity contribution < 1.29 is 4.74 Å². The Morgan fingerprint density at radius 2 is 1.76 bits per heavy atom. The molecule has 5 nitrogen and oxygen atoms in total. The van der Waals surface area contributed by atoms with Crippen molar-refractivity contribution in [3.8, 4) is 0 Å². The van der Waals surface area contributed by atoms with Gasteiger partial charge in [-0.1, -0.05) is 23.2 Å². The summed E-state index contributed by atoms with van der Waals surface area (Å²) >= 11 is 11.9. The number of methoxy groups -OCH3 is 1. The molecule has 1 aromatic carbocycles. The molecule has 0 saturated heterocycles. The summed E-state index contributed by atoms with van der Waals surface area (Å²) in [4.78, 5) is 8.32. The molecule has 21 heavy (non-hydrogen) atoms. The monoisotopic (exact) mass is 326 g/mol. The second-order valence-corrected chi connectivity index (χ2v) is 5.22. The van der Waals surface area contributed by atoms with E-state index in [4.69, 9.17) is 27.9 Å². The highest BCUT2D eigenvalue weighted by atomic mass is 35.5. The second-order valence-electron chi connectivity index (χ2n) is 4.34. The Hall–Kier alpha value is -1.56. The summed E-state index contributed by atoms with van der Waals surface area (Å²) in [6.45, 7) is 1.50. The summed E-state index contributed by atoms with van der Waals surface area (Å²) in [7, 11) is 1.68. The van der Waals surface area contributed by atoms with E-state index in [1.807, 2.05) is 6.07 Å². The minimum atomic E-state index is 0.567. The molecular formula is C14H16Cl2N4O. The van der Waals surface area contributed by atoms with Crippen LogP contribution in [0.1, 0.15) is 6.42 Å². The van der Waals surface area contributed by atoms with Crippen molar-refractivity contribution in [2.75, 3.05) is 30.9 Å². The van der Waals surface area contributed by atoms with Gasteiger partial charge in [-0.05, 0) is 24.6 Å². The van der Waals surface area contributed by atoms with Gasteiger partial charge in [0.15, 0.2) is 0 Å². The quantitative estimate of drug-likeness (QED) is 0.754. The summed E-state index contributed by atoms with van der Waals surface area (Å²) in [5.74, 6) is 1.41. The molecule has 1 aromatic heterocycles. The van der Waals surface area contributed by atoms with Crippen molar-refractivity contribution in [3.63, 3.8) is 0 Å². The lowest BCUT2D eigenvalue weighted by Crippen LogP contribution is -2.06. The first-order valence-electron chi connectivity index (χ1n) is 6.45. The Morgan fingerprint density at radius 3 is 2.48 bits per heavy atom. The molecule has 0 aliphatic rings. The Kier molecular flexibility index (Phi) is 6.04. The van der Waals surface area contributed by atoms with Crippen molar-refractivity contribution in [2.24, 2.45) is 0 Å². The molecule has 0 atom stereocenters. The lowest BCUT2D eigenvalue weighted by atomic mass is 10.3. The van der Waals surface area contributed by atoms with E-state index in [1.165, 1.54) is 6.33 Å². The molecule has 0 aliphatic heterocycles. The highest BCUT2D eigenvalue weighted by Crippen LogP contribution is 2.24. The van der Waals surface area contributed by atoms with Crippen molar-refractivity contribution >= 4 is 40.5 Å². The number of benzene rings is 1. The summed E-state index contributed by atoms with van der Waals surface area (Å²) in [6.07, 6.45) is 2.40. The predicted octanol–water partition coefficient (Wildman–Crippen LogP) is 3.98. The number of ether oxygens (including phenoxy) is 1. The third kappa shape index (κ3) is 5.38. The molecule has 0 bridgehead atoms. The maximum absolute atomic E-state index is 5.96. The van der Waals surface area contributed by atoms with E-state index in [0.29, 0.717) is 22.5 Å². The van der Waals surface area contributed by atoms with E-state index in [1.54, 1.807) is 25.3 Å². The largest absolute Gasteiger partial charge is 0.385 e. The highest BCUT2D eigenvalue weighted by molar-refractivity contribution is 6.35. The molecule has 7 heteroatoms. The average molecular weight is 327 g/mol. The zero-order valence-electron chi connectivity index (χ0n) is 11.6. The van der Waals surface area contributed by atoms with Crippen molar-refractivity contribution in [3.05, 3.63) is 40.6 Å². The van der Waals surface area contributed by atoms with E-state index in [9.17, 15) is 0 Å². The van der Waals surface area contributed by atoms with Gasteiger partial charge in [0.1, 0.15) is 18.0 Å². The third-order valence-electron chi connectivity index (χ3n) is 2.63. The Bertz CT molecular complexity index is 575. The van der Waals surface area contributed by atoms with Gasteiger partial charge in [-0.3, -0.25) is 0 Å². The van der Waals surface area contributed by atoms with Gasteiger partial charge in [0.25, 0.3) is 0 Å². The number of rotatable bonds is 7. The molecular weight excluding hydrogens is 311 g/mol. The zero-order chi connectivity index (χ0) is 15.1. The maximum Gasteiger partial charge on any atom is 0.135 e. The molecule has 0 unspecified atom stereocenters. The summed E-state index contributed by atoms with van der Waals surface area (Å²) in [6, 6.07) is 7.06. The van der Waals surface area contributed by atoms with E-state index in [-0.39, 0.29) is 0 Å². The fraction of sp³-hybridized carbons (Fsp3) is 0.286. The number of hydrogen-bond acceptors (Lipinski definition) is 5. The molecule has 2 rings (SSSR count). The molecule has 0 fully saturated rings. The Labute approximate surface area is 133 Å². The topological polar surface area (TPSA) is 59.1 Å². The molecule has 0 radical (unpaired) electrons. The van der Waals surface area contributed by atoms with Gasteiger partial charge in [0, 0.05) is 42.1 Å². The number of hydrogen-bond donors (Lipinski definition) is 2. The molecule has 2 aromatic rings. The van der Waals surface area contributed by atoms with Crippen LogP contribution >= 0.6 is 23.2 Å². The number of aromatic nitrogens is 2.